The molecular formula is C18H27ClN2O5S. The number of benzene rings is 1. The van der Waals surface area contributed by atoms with E-state index in [1.165, 1.54) is 22.5 Å². The summed E-state index contributed by atoms with van der Waals surface area (Å²) in [4.78, 5) is 12.5. The summed E-state index contributed by atoms with van der Waals surface area (Å²) in [5.74, 6) is -0.396. The molecule has 2 rings (SSSR count). The van der Waals surface area contributed by atoms with Crippen molar-refractivity contribution in [3.63, 3.8) is 0 Å². The van der Waals surface area contributed by atoms with E-state index < -0.39 is 22.0 Å². The lowest BCUT2D eigenvalue weighted by molar-refractivity contribution is -0.128. The Kier molecular flexibility index (Phi) is 8.05. The average molecular weight is 419 g/mol. The number of ether oxygens (including phenoxy) is 2. The molecule has 9 heteroatoms. The van der Waals surface area contributed by atoms with Crippen LogP contribution in [0.25, 0.3) is 0 Å². The Labute approximate surface area is 166 Å². The van der Waals surface area contributed by atoms with Gasteiger partial charge < -0.3 is 14.8 Å². The fraction of sp³-hybridized carbons (Fsp3) is 0.611. The van der Waals surface area contributed by atoms with Crippen molar-refractivity contribution in [1.29, 1.82) is 0 Å². The summed E-state index contributed by atoms with van der Waals surface area (Å²) in [5, 5.41) is 2.91. The SMILES string of the molecule is CCN(CC)S(=O)(=O)c1ccc(Cl)c(NC(=O)C(C)OCC2CCCO2)c1. The zero-order chi connectivity index (χ0) is 20.0. The quantitative estimate of drug-likeness (QED) is 0.666. The molecule has 0 spiro atoms. The molecule has 1 aliphatic heterocycles. The molecule has 1 amide bonds. The molecule has 1 aliphatic rings. The van der Waals surface area contributed by atoms with Gasteiger partial charge >= 0.3 is 0 Å². The Balaban J connectivity index is 2.07. The maximum atomic E-state index is 12.7. The van der Waals surface area contributed by atoms with Gasteiger partial charge in [-0.25, -0.2) is 8.42 Å². The minimum absolute atomic E-state index is 0.0198. The molecule has 1 heterocycles. The van der Waals surface area contributed by atoms with E-state index in [1.54, 1.807) is 20.8 Å². The highest BCUT2D eigenvalue weighted by Crippen LogP contribution is 2.27. The molecule has 1 N–H and O–H groups in total. The number of amides is 1. The summed E-state index contributed by atoms with van der Waals surface area (Å²) >= 11 is 6.14. The van der Waals surface area contributed by atoms with Crippen LogP contribution in [0, 0.1) is 0 Å². The number of halogens is 1. The van der Waals surface area contributed by atoms with E-state index in [2.05, 4.69) is 5.32 Å². The van der Waals surface area contributed by atoms with Crippen LogP contribution in [0.4, 0.5) is 5.69 Å². The highest BCUT2D eigenvalue weighted by molar-refractivity contribution is 7.89. The summed E-state index contributed by atoms with van der Waals surface area (Å²) in [6.45, 7) is 6.96. The highest BCUT2D eigenvalue weighted by Gasteiger charge is 2.24. The van der Waals surface area contributed by atoms with Crippen LogP contribution in [-0.4, -0.2) is 57.1 Å². The Bertz CT molecular complexity index is 746. The largest absolute Gasteiger partial charge is 0.376 e. The summed E-state index contributed by atoms with van der Waals surface area (Å²) in [6, 6.07) is 4.27. The van der Waals surface area contributed by atoms with Crippen LogP contribution in [0.15, 0.2) is 23.1 Å². The van der Waals surface area contributed by atoms with Gasteiger partial charge in [0.1, 0.15) is 6.10 Å². The van der Waals surface area contributed by atoms with E-state index >= 15 is 0 Å². The summed E-state index contributed by atoms with van der Waals surface area (Å²) in [5.41, 5.74) is 0.238. The molecule has 0 radical (unpaired) electrons. The molecule has 2 atom stereocenters. The van der Waals surface area contributed by atoms with Crippen LogP contribution in [0.5, 0.6) is 0 Å². The van der Waals surface area contributed by atoms with Crippen LogP contribution in [-0.2, 0) is 24.3 Å². The molecule has 7 nitrogen and oxygen atoms in total. The molecule has 0 aliphatic carbocycles. The lowest BCUT2D eigenvalue weighted by Crippen LogP contribution is -2.31. The predicted octanol–water partition coefficient (Wildman–Crippen LogP) is 2.89. The zero-order valence-electron chi connectivity index (χ0n) is 15.9. The second-order valence-corrected chi connectivity index (χ2v) is 8.68. The summed E-state index contributed by atoms with van der Waals surface area (Å²) in [6.07, 6.45) is 1.23. The Hall–Kier alpha value is -1.19. The first-order valence-corrected chi connectivity index (χ1v) is 10.9. The van der Waals surface area contributed by atoms with E-state index in [-0.39, 0.29) is 21.7 Å². The van der Waals surface area contributed by atoms with E-state index in [4.69, 9.17) is 21.1 Å². The number of hydrogen-bond acceptors (Lipinski definition) is 5. The van der Waals surface area contributed by atoms with Crippen molar-refractivity contribution in [1.82, 2.24) is 4.31 Å². The molecule has 1 saturated heterocycles. The van der Waals surface area contributed by atoms with Crippen LogP contribution in [0.2, 0.25) is 5.02 Å². The monoisotopic (exact) mass is 418 g/mol. The van der Waals surface area contributed by atoms with Crippen molar-refractivity contribution in [2.45, 2.75) is 50.7 Å². The molecule has 2 unspecified atom stereocenters. The molecule has 27 heavy (non-hydrogen) atoms. The van der Waals surface area contributed by atoms with Crippen molar-refractivity contribution in [3.8, 4) is 0 Å². The van der Waals surface area contributed by atoms with Gasteiger partial charge in [-0.05, 0) is 38.0 Å². The van der Waals surface area contributed by atoms with Gasteiger partial charge in [-0.2, -0.15) is 4.31 Å². The fourth-order valence-corrected chi connectivity index (χ4v) is 4.46. The van der Waals surface area contributed by atoms with Crippen molar-refractivity contribution < 1.29 is 22.7 Å². The topological polar surface area (TPSA) is 84.9 Å². The first-order chi connectivity index (χ1) is 12.8. The van der Waals surface area contributed by atoms with Crippen molar-refractivity contribution in [2.75, 3.05) is 31.6 Å². The maximum Gasteiger partial charge on any atom is 0.253 e. The molecular weight excluding hydrogens is 392 g/mol. The number of carbonyl (C=O) groups is 1. The summed E-state index contributed by atoms with van der Waals surface area (Å²) in [7, 11) is -3.64. The van der Waals surface area contributed by atoms with Crippen LogP contribution < -0.4 is 5.32 Å². The van der Waals surface area contributed by atoms with Crippen molar-refractivity contribution >= 4 is 33.2 Å². The number of carbonyl (C=O) groups excluding carboxylic acids is 1. The molecule has 0 saturated carbocycles. The third kappa shape index (κ3) is 5.65. The van der Waals surface area contributed by atoms with E-state index in [0.717, 1.165) is 19.4 Å². The molecule has 0 aromatic heterocycles. The van der Waals surface area contributed by atoms with Crippen LogP contribution in [0.3, 0.4) is 0 Å². The van der Waals surface area contributed by atoms with E-state index in [9.17, 15) is 13.2 Å². The molecule has 1 fully saturated rings. The normalized spacial score (nSPS) is 18.6. The van der Waals surface area contributed by atoms with Crippen LogP contribution >= 0.6 is 11.6 Å². The number of anilines is 1. The number of nitrogens with zero attached hydrogens (tertiary/aromatic N) is 1. The Morgan fingerprint density at radius 1 is 1.41 bits per heavy atom. The first kappa shape index (κ1) is 22.1. The lowest BCUT2D eigenvalue weighted by Gasteiger charge is -2.20. The second kappa shape index (κ2) is 9.84. The standard InChI is InChI=1S/C18H27ClN2O5S/c1-4-21(5-2)27(23,24)15-8-9-16(19)17(11-15)20-18(22)13(3)26-12-14-7-6-10-25-14/h8-9,11,13-14H,4-7,10,12H2,1-3H3,(H,20,22). The lowest BCUT2D eigenvalue weighted by atomic mass is 10.2. The number of sulfonamides is 1. The van der Waals surface area contributed by atoms with Crippen molar-refractivity contribution in [2.24, 2.45) is 0 Å². The van der Waals surface area contributed by atoms with Crippen LogP contribution in [0.1, 0.15) is 33.6 Å². The predicted molar refractivity (Wildman–Crippen MR) is 105 cm³/mol. The molecule has 152 valence electrons. The third-order valence-corrected chi connectivity index (χ3v) is 6.84. The van der Waals surface area contributed by atoms with Gasteiger partial charge in [0.05, 0.1) is 28.3 Å². The van der Waals surface area contributed by atoms with Gasteiger partial charge in [-0.3, -0.25) is 4.79 Å². The second-order valence-electron chi connectivity index (χ2n) is 6.33. The number of rotatable bonds is 9. The third-order valence-electron chi connectivity index (χ3n) is 4.46. The minimum Gasteiger partial charge on any atom is -0.376 e. The summed E-state index contributed by atoms with van der Waals surface area (Å²) < 4.78 is 37.7. The zero-order valence-corrected chi connectivity index (χ0v) is 17.5. The van der Waals surface area contributed by atoms with Gasteiger partial charge in [0.2, 0.25) is 10.0 Å². The van der Waals surface area contributed by atoms with E-state index in [0.29, 0.717) is 19.7 Å². The van der Waals surface area contributed by atoms with Gasteiger partial charge in [0.15, 0.2) is 0 Å². The number of hydrogen-bond donors (Lipinski definition) is 1. The highest BCUT2D eigenvalue weighted by atomic mass is 35.5. The molecule has 0 bridgehead atoms. The maximum absolute atomic E-state index is 12.7. The Morgan fingerprint density at radius 2 is 2.11 bits per heavy atom. The first-order valence-electron chi connectivity index (χ1n) is 9.13. The fourth-order valence-electron chi connectivity index (χ4n) is 2.81. The number of nitrogens with one attached hydrogen (secondary N) is 1. The van der Waals surface area contributed by atoms with E-state index in [1.807, 2.05) is 0 Å². The molecule has 1 aromatic carbocycles. The van der Waals surface area contributed by atoms with Gasteiger partial charge in [0, 0.05) is 19.7 Å². The smallest absolute Gasteiger partial charge is 0.253 e. The van der Waals surface area contributed by atoms with Gasteiger partial charge in [-0.1, -0.05) is 25.4 Å². The van der Waals surface area contributed by atoms with Gasteiger partial charge in [-0.15, -0.1) is 0 Å². The van der Waals surface area contributed by atoms with Crippen molar-refractivity contribution in [3.05, 3.63) is 23.2 Å². The average Bonchev–Trinajstić information content (AvgIpc) is 3.15. The Morgan fingerprint density at radius 3 is 2.70 bits per heavy atom. The molecule has 1 aromatic rings. The minimum atomic E-state index is -3.64. The van der Waals surface area contributed by atoms with Gasteiger partial charge in [0.25, 0.3) is 5.91 Å².